The maximum absolute atomic E-state index is 3.93. The Morgan fingerprint density at radius 2 is 1.89 bits per heavy atom. The molecule has 1 aromatic heterocycles. The molecule has 4 nitrogen and oxygen atoms in total. The van der Waals surface area contributed by atoms with Crippen molar-refractivity contribution in [2.45, 2.75) is 32.7 Å². The molecule has 1 heterocycles. The Kier molecular flexibility index (Phi) is 4.50. The highest BCUT2D eigenvalue weighted by Gasteiger charge is 2.15. The summed E-state index contributed by atoms with van der Waals surface area (Å²) < 4.78 is 1.83. The minimum Gasteiger partial charge on any atom is -0.311 e. The average Bonchev–Trinajstić information content (AvgIpc) is 2.87. The Morgan fingerprint density at radius 1 is 1.16 bits per heavy atom. The Morgan fingerprint density at radius 3 is 2.47 bits per heavy atom. The number of hydrogen-bond donors (Lipinski definition) is 1. The van der Waals surface area contributed by atoms with Gasteiger partial charge in [-0.05, 0) is 5.56 Å². The van der Waals surface area contributed by atoms with Gasteiger partial charge in [-0.25, -0.2) is 0 Å². The van der Waals surface area contributed by atoms with E-state index in [0.29, 0.717) is 0 Å². The van der Waals surface area contributed by atoms with E-state index in [1.165, 1.54) is 10.8 Å². The molecule has 0 saturated heterocycles. The zero-order valence-electron chi connectivity index (χ0n) is 11.9. The highest BCUT2D eigenvalue weighted by molar-refractivity contribution is 6.88. The normalized spacial score (nSPS) is 11.7. The summed E-state index contributed by atoms with van der Waals surface area (Å²) in [7, 11) is -1.17. The molecule has 0 atom stereocenters. The lowest BCUT2D eigenvalue weighted by atomic mass is 10.2. The second-order valence-corrected chi connectivity index (χ2v) is 10.9. The van der Waals surface area contributed by atoms with Crippen LogP contribution in [0.3, 0.4) is 0 Å². The number of nitrogens with one attached hydrogen (secondary N) is 1. The zero-order chi connectivity index (χ0) is 13.7. The summed E-state index contributed by atoms with van der Waals surface area (Å²) in [6.07, 6.45) is 3.58. The molecule has 2 aromatic rings. The largest absolute Gasteiger partial charge is 0.311 e. The van der Waals surface area contributed by atoms with Crippen LogP contribution < -0.4 is 10.5 Å². The molecule has 19 heavy (non-hydrogen) atoms. The van der Waals surface area contributed by atoms with E-state index in [4.69, 9.17) is 0 Å². The Labute approximate surface area is 115 Å². The van der Waals surface area contributed by atoms with Gasteiger partial charge in [-0.15, -0.1) is 5.10 Å². The molecule has 0 fully saturated rings. The van der Waals surface area contributed by atoms with Crippen molar-refractivity contribution in [1.82, 2.24) is 20.3 Å². The fourth-order valence-corrected chi connectivity index (χ4v) is 3.07. The molecule has 0 spiro atoms. The molecule has 0 aliphatic rings. The van der Waals surface area contributed by atoms with Gasteiger partial charge in [-0.1, -0.05) is 54.3 Å². The number of hydrogen-bond acceptors (Lipinski definition) is 3. The average molecular weight is 274 g/mol. The van der Waals surface area contributed by atoms with E-state index in [-0.39, 0.29) is 0 Å². The predicted molar refractivity (Wildman–Crippen MR) is 81.2 cm³/mol. The van der Waals surface area contributed by atoms with Crippen LogP contribution in [0.1, 0.15) is 5.56 Å². The van der Waals surface area contributed by atoms with Crippen molar-refractivity contribution in [2.75, 3.05) is 6.54 Å². The molecular weight excluding hydrogens is 252 g/mol. The molecule has 0 saturated carbocycles. The first-order chi connectivity index (χ1) is 9.05. The van der Waals surface area contributed by atoms with E-state index in [2.05, 4.69) is 59.5 Å². The summed E-state index contributed by atoms with van der Waals surface area (Å²) in [5, 5.41) is 12.6. The Balaban J connectivity index is 1.77. The third-order valence-electron chi connectivity index (χ3n) is 3.14. The monoisotopic (exact) mass is 274 g/mol. The van der Waals surface area contributed by atoms with Crippen LogP contribution in [-0.2, 0) is 13.1 Å². The van der Waals surface area contributed by atoms with Crippen LogP contribution in [0.15, 0.2) is 36.7 Å². The predicted octanol–water partition coefficient (Wildman–Crippen LogP) is 1.61. The van der Waals surface area contributed by atoms with Crippen molar-refractivity contribution in [1.29, 1.82) is 0 Å². The molecule has 0 aliphatic heterocycles. The molecule has 1 aromatic carbocycles. The first kappa shape index (κ1) is 14.0. The van der Waals surface area contributed by atoms with Crippen molar-refractivity contribution < 1.29 is 0 Å². The first-order valence-corrected chi connectivity index (χ1v) is 10.2. The molecule has 0 aliphatic carbocycles. The van der Waals surface area contributed by atoms with Crippen LogP contribution in [-0.4, -0.2) is 29.6 Å². The summed E-state index contributed by atoms with van der Waals surface area (Å²) in [4.78, 5) is 0. The standard InChI is InChI=1S/C14H22N4Si/c1-19(2,3)14-6-4-13(5-7-14)12-15-8-10-18-11-9-16-17-18/h4-7,9,11,15H,8,10,12H2,1-3H3. The van der Waals surface area contributed by atoms with E-state index in [9.17, 15) is 0 Å². The maximum Gasteiger partial charge on any atom is 0.0775 e. The molecule has 0 unspecified atom stereocenters. The van der Waals surface area contributed by atoms with Crippen molar-refractivity contribution in [3.05, 3.63) is 42.2 Å². The van der Waals surface area contributed by atoms with Crippen LogP contribution in [0, 0.1) is 0 Å². The highest BCUT2D eigenvalue weighted by Crippen LogP contribution is 2.04. The minimum absolute atomic E-state index is 0.854. The van der Waals surface area contributed by atoms with E-state index in [1.807, 2.05) is 10.9 Å². The van der Waals surface area contributed by atoms with Gasteiger partial charge >= 0.3 is 0 Å². The molecule has 5 heteroatoms. The van der Waals surface area contributed by atoms with Gasteiger partial charge in [0.15, 0.2) is 0 Å². The van der Waals surface area contributed by atoms with Gasteiger partial charge in [0, 0.05) is 19.3 Å². The van der Waals surface area contributed by atoms with Crippen LogP contribution in [0.5, 0.6) is 0 Å². The summed E-state index contributed by atoms with van der Waals surface area (Å²) in [6.45, 7) is 9.78. The first-order valence-electron chi connectivity index (χ1n) is 6.70. The van der Waals surface area contributed by atoms with E-state index in [1.54, 1.807) is 6.20 Å². The van der Waals surface area contributed by atoms with Crippen LogP contribution in [0.25, 0.3) is 0 Å². The lowest BCUT2D eigenvalue weighted by Crippen LogP contribution is -2.37. The fourth-order valence-electron chi connectivity index (χ4n) is 1.90. The molecule has 0 bridgehead atoms. The zero-order valence-corrected chi connectivity index (χ0v) is 12.9. The van der Waals surface area contributed by atoms with Crippen LogP contribution >= 0.6 is 0 Å². The second kappa shape index (κ2) is 6.12. The minimum atomic E-state index is -1.17. The third kappa shape index (κ3) is 4.29. The smallest absolute Gasteiger partial charge is 0.0775 e. The van der Waals surface area contributed by atoms with Crippen molar-refractivity contribution in [2.24, 2.45) is 0 Å². The number of benzene rings is 1. The Bertz CT molecular complexity index is 485. The summed E-state index contributed by atoms with van der Waals surface area (Å²) in [6, 6.07) is 9.02. The molecule has 102 valence electrons. The lowest BCUT2D eigenvalue weighted by Gasteiger charge is -2.16. The second-order valence-electron chi connectivity index (χ2n) is 5.79. The van der Waals surface area contributed by atoms with E-state index < -0.39 is 8.07 Å². The van der Waals surface area contributed by atoms with Gasteiger partial charge in [0.25, 0.3) is 0 Å². The topological polar surface area (TPSA) is 42.7 Å². The summed E-state index contributed by atoms with van der Waals surface area (Å²) in [5.41, 5.74) is 1.33. The van der Waals surface area contributed by atoms with Gasteiger partial charge in [0.2, 0.25) is 0 Å². The molecule has 0 radical (unpaired) electrons. The van der Waals surface area contributed by atoms with E-state index >= 15 is 0 Å². The van der Waals surface area contributed by atoms with Gasteiger partial charge in [0.1, 0.15) is 0 Å². The van der Waals surface area contributed by atoms with Crippen molar-refractivity contribution in [3.8, 4) is 0 Å². The fraction of sp³-hybridized carbons (Fsp3) is 0.429. The van der Waals surface area contributed by atoms with Gasteiger partial charge in [0.05, 0.1) is 20.8 Å². The van der Waals surface area contributed by atoms with Gasteiger partial charge in [-0.3, -0.25) is 4.68 Å². The number of aromatic nitrogens is 3. The lowest BCUT2D eigenvalue weighted by molar-refractivity contribution is 0.540. The van der Waals surface area contributed by atoms with Crippen LogP contribution in [0.2, 0.25) is 19.6 Å². The molecular formula is C14H22N4Si. The summed E-state index contributed by atoms with van der Waals surface area (Å²) in [5.74, 6) is 0. The molecule has 0 amide bonds. The molecule has 1 N–H and O–H groups in total. The molecule has 2 rings (SSSR count). The van der Waals surface area contributed by atoms with Crippen LogP contribution in [0.4, 0.5) is 0 Å². The maximum atomic E-state index is 3.93. The highest BCUT2D eigenvalue weighted by atomic mass is 28.3. The van der Waals surface area contributed by atoms with Gasteiger partial charge < -0.3 is 5.32 Å². The third-order valence-corrected chi connectivity index (χ3v) is 5.20. The quantitative estimate of drug-likeness (QED) is 0.643. The Hall–Kier alpha value is -1.46. The number of nitrogens with zero attached hydrogens (tertiary/aromatic N) is 3. The summed E-state index contributed by atoms with van der Waals surface area (Å²) >= 11 is 0. The number of rotatable bonds is 6. The van der Waals surface area contributed by atoms with Crippen molar-refractivity contribution >= 4 is 13.3 Å². The van der Waals surface area contributed by atoms with Gasteiger partial charge in [-0.2, -0.15) is 0 Å². The van der Waals surface area contributed by atoms with E-state index in [0.717, 1.165) is 19.6 Å². The SMILES string of the molecule is C[Si](C)(C)c1ccc(CNCCn2ccnn2)cc1. The van der Waals surface area contributed by atoms with Crippen molar-refractivity contribution in [3.63, 3.8) is 0 Å².